The second-order valence-electron chi connectivity index (χ2n) is 6.88. The minimum Gasteiger partial charge on any atom is -0.356 e. The first kappa shape index (κ1) is 18.8. The number of aromatic nitrogens is 5. The predicted molar refractivity (Wildman–Crippen MR) is 112 cm³/mol. The second kappa shape index (κ2) is 7.91. The van der Waals surface area contributed by atoms with Crippen molar-refractivity contribution in [2.24, 2.45) is 0 Å². The van der Waals surface area contributed by atoms with Crippen molar-refractivity contribution in [3.63, 3.8) is 0 Å². The number of nitrogens with one attached hydrogen (secondary N) is 1. The maximum atomic E-state index is 14.3. The van der Waals surface area contributed by atoms with Gasteiger partial charge in [-0.15, -0.1) is 15.3 Å². The van der Waals surface area contributed by atoms with Gasteiger partial charge in [-0.2, -0.15) is 4.52 Å². The van der Waals surface area contributed by atoms with E-state index in [1.807, 2.05) is 24.3 Å². The normalized spacial score (nSPS) is 12.1. The Bertz CT molecular complexity index is 1350. The third kappa shape index (κ3) is 3.71. The Hall–Kier alpha value is -4.20. The molecular weight excluding hydrogens is 398 g/mol. The molecule has 0 saturated heterocycles. The van der Waals surface area contributed by atoms with Gasteiger partial charge in [0.05, 0.1) is 17.3 Å². The monoisotopic (exact) mass is 414 g/mol. The van der Waals surface area contributed by atoms with Crippen LogP contribution < -0.4 is 5.32 Å². The molecule has 31 heavy (non-hydrogen) atoms. The molecule has 0 aliphatic heterocycles. The Morgan fingerprint density at radius 3 is 2.52 bits per heavy atom. The second-order valence-corrected chi connectivity index (χ2v) is 6.88. The number of nitrogens with zero attached hydrogens (tertiary/aromatic N) is 5. The molecule has 0 saturated carbocycles. The molecule has 1 N–H and O–H groups in total. The van der Waals surface area contributed by atoms with Crippen molar-refractivity contribution in [1.82, 2.24) is 24.8 Å². The molecule has 5 rings (SSSR count). The van der Waals surface area contributed by atoms with Crippen LogP contribution in [-0.4, -0.2) is 24.8 Å². The highest BCUT2D eigenvalue weighted by atomic mass is 19.1. The summed E-state index contributed by atoms with van der Waals surface area (Å²) in [6, 6.07) is 21.2. The van der Waals surface area contributed by atoms with Gasteiger partial charge in [0, 0.05) is 6.20 Å². The zero-order valence-corrected chi connectivity index (χ0v) is 16.2. The first-order valence-electron chi connectivity index (χ1n) is 9.59. The average molecular weight is 414 g/mol. The number of rotatable bonds is 5. The van der Waals surface area contributed by atoms with E-state index in [4.69, 9.17) is 0 Å². The molecule has 0 fully saturated rings. The van der Waals surface area contributed by atoms with Gasteiger partial charge in [-0.05, 0) is 54.1 Å². The molecule has 0 aliphatic carbocycles. The van der Waals surface area contributed by atoms with E-state index >= 15 is 0 Å². The fourth-order valence-electron chi connectivity index (χ4n) is 3.39. The molecule has 0 bridgehead atoms. The van der Waals surface area contributed by atoms with Gasteiger partial charge in [0.15, 0.2) is 11.5 Å². The fraction of sp³-hybridized carbons (Fsp3) is 0.0435. The summed E-state index contributed by atoms with van der Waals surface area (Å²) in [5.74, 6) is 0.00840. The lowest BCUT2D eigenvalue weighted by molar-refractivity contribution is 0.624. The summed E-state index contributed by atoms with van der Waals surface area (Å²) >= 11 is 0. The average Bonchev–Trinajstić information content (AvgIpc) is 3.21. The number of pyridine rings is 1. The predicted octanol–water partition coefficient (Wildman–Crippen LogP) is 4.67. The number of fused-ring (bicyclic) bond motifs is 1. The van der Waals surface area contributed by atoms with Crippen LogP contribution in [0.25, 0.3) is 17.0 Å². The number of anilines is 1. The van der Waals surface area contributed by atoms with Crippen LogP contribution in [0.2, 0.25) is 0 Å². The van der Waals surface area contributed by atoms with Gasteiger partial charge in [-0.1, -0.05) is 30.3 Å². The quantitative estimate of drug-likeness (QED) is 0.453. The minimum atomic E-state index is -0.449. The van der Waals surface area contributed by atoms with Crippen molar-refractivity contribution in [2.75, 3.05) is 5.32 Å². The van der Waals surface area contributed by atoms with E-state index in [0.29, 0.717) is 28.3 Å². The molecule has 2 aromatic carbocycles. The summed E-state index contributed by atoms with van der Waals surface area (Å²) in [7, 11) is 0. The summed E-state index contributed by atoms with van der Waals surface area (Å²) in [4.78, 5) is 4.42. The number of benzene rings is 2. The molecule has 152 valence electrons. The Labute approximate surface area is 176 Å². The zero-order chi connectivity index (χ0) is 21.2. The largest absolute Gasteiger partial charge is 0.356 e. The van der Waals surface area contributed by atoms with E-state index in [0.717, 1.165) is 0 Å². The highest BCUT2D eigenvalue weighted by molar-refractivity contribution is 5.60. The maximum absolute atomic E-state index is 14.3. The molecule has 0 spiro atoms. The Balaban J connectivity index is 1.58. The number of hydrogen-bond donors (Lipinski definition) is 1. The van der Waals surface area contributed by atoms with Crippen LogP contribution in [0.15, 0.2) is 85.1 Å². The highest BCUT2D eigenvalue weighted by Crippen LogP contribution is 2.26. The van der Waals surface area contributed by atoms with E-state index < -0.39 is 11.9 Å². The van der Waals surface area contributed by atoms with Crippen molar-refractivity contribution in [1.29, 1.82) is 0 Å². The van der Waals surface area contributed by atoms with Crippen molar-refractivity contribution in [3.8, 4) is 11.4 Å². The molecule has 1 unspecified atom stereocenters. The molecule has 5 aromatic rings. The smallest absolute Gasteiger partial charge is 0.188 e. The van der Waals surface area contributed by atoms with Crippen molar-refractivity contribution >= 4 is 11.5 Å². The van der Waals surface area contributed by atoms with E-state index in [2.05, 4.69) is 25.6 Å². The van der Waals surface area contributed by atoms with Crippen LogP contribution in [0.4, 0.5) is 14.6 Å². The Morgan fingerprint density at radius 1 is 0.839 bits per heavy atom. The standard InChI is InChI=1S/C23H16F2N6/c24-16-7-5-6-15(14-16)22(19-10-3-4-13-26-19)27-20-11-12-21-28-29-23(31(21)30-20)17-8-1-2-9-18(17)25/h1-14,22H,(H,27,30). The van der Waals surface area contributed by atoms with Crippen LogP contribution in [0.1, 0.15) is 17.3 Å². The van der Waals surface area contributed by atoms with Gasteiger partial charge in [0.2, 0.25) is 0 Å². The van der Waals surface area contributed by atoms with Gasteiger partial charge in [0.1, 0.15) is 17.5 Å². The molecule has 3 aromatic heterocycles. The fourth-order valence-corrected chi connectivity index (χ4v) is 3.39. The van der Waals surface area contributed by atoms with Gasteiger partial charge in [0.25, 0.3) is 0 Å². The van der Waals surface area contributed by atoms with E-state index in [9.17, 15) is 8.78 Å². The first-order valence-corrected chi connectivity index (χ1v) is 9.59. The molecule has 0 radical (unpaired) electrons. The SMILES string of the molecule is Fc1cccc(C(Nc2ccc3nnc(-c4ccccc4F)n3n2)c2ccccn2)c1. The summed E-state index contributed by atoms with van der Waals surface area (Å²) in [5, 5.41) is 16.0. The van der Waals surface area contributed by atoms with Crippen LogP contribution >= 0.6 is 0 Å². The topological polar surface area (TPSA) is 68.0 Å². The summed E-state index contributed by atoms with van der Waals surface area (Å²) < 4.78 is 29.7. The van der Waals surface area contributed by atoms with Crippen LogP contribution in [0, 0.1) is 11.6 Å². The summed E-state index contributed by atoms with van der Waals surface area (Å²) in [5.41, 5.74) is 2.17. The first-order chi connectivity index (χ1) is 15.2. The summed E-state index contributed by atoms with van der Waals surface area (Å²) in [6.07, 6.45) is 1.68. The molecule has 8 heteroatoms. The Kier molecular flexibility index (Phi) is 4.80. The molecule has 3 heterocycles. The van der Waals surface area contributed by atoms with Gasteiger partial charge in [-0.3, -0.25) is 4.98 Å². The lowest BCUT2D eigenvalue weighted by Crippen LogP contribution is -2.15. The van der Waals surface area contributed by atoms with Crippen LogP contribution in [0.3, 0.4) is 0 Å². The van der Waals surface area contributed by atoms with Gasteiger partial charge in [-0.25, -0.2) is 8.78 Å². The van der Waals surface area contributed by atoms with Crippen molar-refractivity contribution in [2.45, 2.75) is 6.04 Å². The van der Waals surface area contributed by atoms with Crippen LogP contribution in [-0.2, 0) is 0 Å². The summed E-state index contributed by atoms with van der Waals surface area (Å²) in [6.45, 7) is 0. The van der Waals surface area contributed by atoms with E-state index in [1.165, 1.54) is 22.7 Å². The third-order valence-corrected chi connectivity index (χ3v) is 4.84. The molecule has 0 amide bonds. The van der Waals surface area contributed by atoms with Gasteiger partial charge < -0.3 is 5.32 Å². The number of halogens is 2. The lowest BCUT2D eigenvalue weighted by atomic mass is 10.0. The number of hydrogen-bond acceptors (Lipinski definition) is 5. The van der Waals surface area contributed by atoms with E-state index in [1.54, 1.807) is 42.6 Å². The van der Waals surface area contributed by atoms with E-state index in [-0.39, 0.29) is 11.6 Å². The maximum Gasteiger partial charge on any atom is 0.188 e. The highest BCUT2D eigenvalue weighted by Gasteiger charge is 2.18. The van der Waals surface area contributed by atoms with Crippen LogP contribution in [0.5, 0.6) is 0 Å². The molecule has 1 atom stereocenters. The minimum absolute atomic E-state index is 0.289. The van der Waals surface area contributed by atoms with Crippen molar-refractivity contribution in [3.05, 3.63) is 108 Å². The molecule has 6 nitrogen and oxygen atoms in total. The molecular formula is C23H16F2N6. The Morgan fingerprint density at radius 2 is 1.71 bits per heavy atom. The molecule has 0 aliphatic rings. The zero-order valence-electron chi connectivity index (χ0n) is 16.2. The van der Waals surface area contributed by atoms with Crippen molar-refractivity contribution < 1.29 is 8.78 Å². The lowest BCUT2D eigenvalue weighted by Gasteiger charge is -2.19. The van der Waals surface area contributed by atoms with Gasteiger partial charge >= 0.3 is 0 Å². The third-order valence-electron chi connectivity index (χ3n) is 4.84.